The van der Waals surface area contributed by atoms with Crippen molar-refractivity contribution in [1.82, 2.24) is 4.90 Å². The van der Waals surface area contributed by atoms with Crippen LogP contribution in [0.2, 0.25) is 0 Å². The second kappa shape index (κ2) is 35.7. The number of ether oxygens (including phenoxy) is 6. The molecule has 0 aliphatic carbocycles. The van der Waals surface area contributed by atoms with Crippen molar-refractivity contribution in [2.45, 2.75) is 110 Å². The zero-order valence-corrected chi connectivity index (χ0v) is 26.4. The summed E-state index contributed by atoms with van der Waals surface area (Å²) in [7, 11) is 4.07. The van der Waals surface area contributed by atoms with Gasteiger partial charge >= 0.3 is 0 Å². The summed E-state index contributed by atoms with van der Waals surface area (Å²) in [5.41, 5.74) is 0. The number of rotatable bonds is 35. The first-order valence-electron chi connectivity index (χ1n) is 16.4. The highest BCUT2D eigenvalue weighted by molar-refractivity contribution is 4.50. The van der Waals surface area contributed by atoms with Crippen LogP contribution >= 0.6 is 0 Å². The molecule has 0 radical (unpaired) electrons. The summed E-state index contributed by atoms with van der Waals surface area (Å²) < 4.78 is 33.2. The topological polar surface area (TPSA) is 58.6 Å². The Bertz CT molecular complexity index is 427. The van der Waals surface area contributed by atoms with E-state index in [1.165, 1.54) is 96.3 Å². The van der Waals surface area contributed by atoms with Gasteiger partial charge in [-0.15, -0.1) is 0 Å². The second-order valence-corrected chi connectivity index (χ2v) is 10.8. The minimum Gasteiger partial charge on any atom is -0.379 e. The summed E-state index contributed by atoms with van der Waals surface area (Å²) in [5, 5.41) is 0. The molecule has 0 aromatic rings. The summed E-state index contributed by atoms with van der Waals surface area (Å²) in [6.07, 6.45) is 22.3. The van der Waals surface area contributed by atoms with Crippen molar-refractivity contribution < 1.29 is 28.4 Å². The van der Waals surface area contributed by atoms with Gasteiger partial charge in [0.1, 0.15) is 0 Å². The summed E-state index contributed by atoms with van der Waals surface area (Å²) in [6.45, 7) is 10.8. The SMILES string of the molecule is CCCCCCCCCCCCCCCCCCOCCOCCOCCOCCOCCOCCN(C)C. The van der Waals surface area contributed by atoms with E-state index in [4.69, 9.17) is 28.4 Å². The molecule has 0 unspecified atom stereocenters. The summed E-state index contributed by atoms with van der Waals surface area (Å²) >= 11 is 0. The Balaban J connectivity index is 3.02. The molecule has 0 aromatic carbocycles. The van der Waals surface area contributed by atoms with Crippen LogP contribution in [0.25, 0.3) is 0 Å². The van der Waals surface area contributed by atoms with E-state index in [1.807, 2.05) is 14.1 Å². The van der Waals surface area contributed by atoms with E-state index in [9.17, 15) is 0 Å². The molecule has 0 spiro atoms. The number of likely N-dealkylation sites (N-methyl/N-ethyl adjacent to an activating group) is 1. The lowest BCUT2D eigenvalue weighted by Gasteiger charge is -2.10. The number of hydrogen-bond donors (Lipinski definition) is 0. The molecule has 0 aromatic heterocycles. The predicted octanol–water partition coefficient (Wildman–Crippen LogP) is 6.91. The van der Waals surface area contributed by atoms with E-state index in [1.54, 1.807) is 0 Å². The fourth-order valence-corrected chi connectivity index (χ4v) is 4.20. The first-order chi connectivity index (χ1) is 19.3. The maximum Gasteiger partial charge on any atom is 0.0701 e. The molecule has 0 amide bonds. The molecule has 7 nitrogen and oxygen atoms in total. The minimum absolute atomic E-state index is 0.575. The smallest absolute Gasteiger partial charge is 0.0701 e. The fraction of sp³-hybridized carbons (Fsp3) is 1.00. The van der Waals surface area contributed by atoms with Crippen LogP contribution in [0.4, 0.5) is 0 Å². The second-order valence-electron chi connectivity index (χ2n) is 10.8. The lowest BCUT2D eigenvalue weighted by Crippen LogP contribution is -2.19. The third-order valence-electron chi connectivity index (χ3n) is 6.69. The van der Waals surface area contributed by atoms with Gasteiger partial charge in [0, 0.05) is 13.2 Å². The van der Waals surface area contributed by atoms with Crippen molar-refractivity contribution in [1.29, 1.82) is 0 Å². The molecule has 0 bridgehead atoms. The minimum atomic E-state index is 0.575. The summed E-state index contributed by atoms with van der Waals surface area (Å²) in [6, 6.07) is 0. The monoisotopic (exact) mass is 561 g/mol. The van der Waals surface area contributed by atoms with Crippen molar-refractivity contribution in [2.24, 2.45) is 0 Å². The first-order valence-corrected chi connectivity index (χ1v) is 16.4. The maximum absolute atomic E-state index is 5.67. The van der Waals surface area contributed by atoms with Crippen molar-refractivity contribution in [3.8, 4) is 0 Å². The molecule has 0 aliphatic rings. The lowest BCUT2D eigenvalue weighted by atomic mass is 10.0. The first kappa shape index (κ1) is 38.7. The predicted molar refractivity (Wildman–Crippen MR) is 163 cm³/mol. The van der Waals surface area contributed by atoms with Crippen LogP contribution in [0.1, 0.15) is 110 Å². The van der Waals surface area contributed by atoms with Gasteiger partial charge in [-0.25, -0.2) is 0 Å². The molecule has 0 N–H and O–H groups in total. The average Bonchev–Trinajstić information content (AvgIpc) is 2.93. The third kappa shape index (κ3) is 37.7. The van der Waals surface area contributed by atoms with E-state index in [0.717, 1.165) is 26.2 Å². The average molecular weight is 562 g/mol. The van der Waals surface area contributed by atoms with E-state index in [0.29, 0.717) is 66.1 Å². The van der Waals surface area contributed by atoms with Crippen LogP contribution in [0.3, 0.4) is 0 Å². The molecule has 0 rings (SSSR count). The van der Waals surface area contributed by atoms with Crippen LogP contribution in [0.5, 0.6) is 0 Å². The van der Waals surface area contributed by atoms with Gasteiger partial charge in [0.05, 0.1) is 72.7 Å². The van der Waals surface area contributed by atoms with Gasteiger partial charge < -0.3 is 33.3 Å². The van der Waals surface area contributed by atoms with Crippen LogP contribution in [0, 0.1) is 0 Å². The Labute approximate surface area is 242 Å². The van der Waals surface area contributed by atoms with E-state index >= 15 is 0 Å². The maximum atomic E-state index is 5.67. The van der Waals surface area contributed by atoms with Crippen LogP contribution in [-0.2, 0) is 28.4 Å². The molecular weight excluding hydrogens is 494 g/mol. The molecule has 0 atom stereocenters. The standard InChI is InChI=1S/C32H67NO6/c1-4-5-6-7-8-9-10-11-12-13-14-15-16-17-18-19-21-34-23-25-36-27-29-38-31-32-39-30-28-37-26-24-35-22-20-33(2)3/h4-32H2,1-3H3. The normalized spacial score (nSPS) is 11.7. The molecule has 0 fully saturated rings. The van der Waals surface area contributed by atoms with E-state index in [2.05, 4.69) is 11.8 Å². The van der Waals surface area contributed by atoms with Crippen LogP contribution in [-0.4, -0.2) is 105 Å². The van der Waals surface area contributed by atoms with E-state index < -0.39 is 0 Å². The van der Waals surface area contributed by atoms with Crippen molar-refractivity contribution in [3.05, 3.63) is 0 Å². The Morgan fingerprint density at radius 3 is 0.872 bits per heavy atom. The Kier molecular flexibility index (Phi) is 35.5. The van der Waals surface area contributed by atoms with Gasteiger partial charge in [-0.3, -0.25) is 0 Å². The highest BCUT2D eigenvalue weighted by Crippen LogP contribution is 2.13. The molecule has 0 aliphatic heterocycles. The molecule has 0 heterocycles. The van der Waals surface area contributed by atoms with Crippen molar-refractivity contribution in [2.75, 3.05) is 99.9 Å². The van der Waals surface area contributed by atoms with E-state index in [-0.39, 0.29) is 0 Å². The Morgan fingerprint density at radius 1 is 0.308 bits per heavy atom. The summed E-state index contributed by atoms with van der Waals surface area (Å²) in [5.74, 6) is 0. The van der Waals surface area contributed by atoms with Gasteiger partial charge in [0.2, 0.25) is 0 Å². The largest absolute Gasteiger partial charge is 0.379 e. The Hall–Kier alpha value is -0.280. The Morgan fingerprint density at radius 2 is 0.564 bits per heavy atom. The van der Waals surface area contributed by atoms with Gasteiger partial charge in [-0.1, -0.05) is 103 Å². The third-order valence-corrected chi connectivity index (χ3v) is 6.69. The van der Waals surface area contributed by atoms with Gasteiger partial charge in [0.25, 0.3) is 0 Å². The number of unbranched alkanes of at least 4 members (excludes halogenated alkanes) is 15. The fourth-order valence-electron chi connectivity index (χ4n) is 4.20. The number of nitrogens with zero attached hydrogens (tertiary/aromatic N) is 1. The molecule has 7 heteroatoms. The molecular formula is C32H67NO6. The van der Waals surface area contributed by atoms with Gasteiger partial charge in [0.15, 0.2) is 0 Å². The van der Waals surface area contributed by atoms with Crippen LogP contribution in [0.15, 0.2) is 0 Å². The van der Waals surface area contributed by atoms with Crippen molar-refractivity contribution >= 4 is 0 Å². The van der Waals surface area contributed by atoms with Gasteiger partial charge in [-0.2, -0.15) is 0 Å². The zero-order chi connectivity index (χ0) is 28.3. The quantitative estimate of drug-likeness (QED) is 0.0779. The lowest BCUT2D eigenvalue weighted by molar-refractivity contribution is -0.0172. The molecule has 0 saturated carbocycles. The van der Waals surface area contributed by atoms with Crippen molar-refractivity contribution in [3.63, 3.8) is 0 Å². The highest BCUT2D eigenvalue weighted by atomic mass is 16.6. The number of hydrogen-bond acceptors (Lipinski definition) is 7. The molecule has 0 saturated heterocycles. The highest BCUT2D eigenvalue weighted by Gasteiger charge is 1.97. The van der Waals surface area contributed by atoms with Crippen LogP contribution < -0.4 is 0 Å². The van der Waals surface area contributed by atoms with Gasteiger partial charge in [-0.05, 0) is 20.5 Å². The zero-order valence-electron chi connectivity index (χ0n) is 26.4. The summed E-state index contributed by atoms with van der Waals surface area (Å²) in [4.78, 5) is 2.10. The molecule has 236 valence electrons. The molecule has 39 heavy (non-hydrogen) atoms.